The van der Waals surface area contributed by atoms with Crippen LogP contribution in [0.5, 0.6) is 17.2 Å². The number of pyridine rings is 3. The predicted octanol–water partition coefficient (Wildman–Crippen LogP) is 11.8. The Labute approximate surface area is 422 Å². The summed E-state index contributed by atoms with van der Waals surface area (Å²) in [5.41, 5.74) is 0.543. The molecule has 3 rings (SSSR count). The van der Waals surface area contributed by atoms with Gasteiger partial charge in [0.25, 0.3) is 0 Å². The normalized spacial score (nSPS) is 12.9. The first-order chi connectivity index (χ1) is 33.0. The summed E-state index contributed by atoms with van der Waals surface area (Å²) in [7, 11) is -1.97. The highest BCUT2D eigenvalue weighted by Crippen LogP contribution is 2.44. The van der Waals surface area contributed by atoms with Crippen LogP contribution in [0.25, 0.3) is 0 Å². The third kappa shape index (κ3) is 20.2. The second-order valence-electron chi connectivity index (χ2n) is 21.7. The van der Waals surface area contributed by atoms with Gasteiger partial charge in [-0.2, -0.15) is 0 Å². The molecular formula is C54H90BN3O12. The van der Waals surface area contributed by atoms with Gasteiger partial charge in [0.2, 0.25) is 0 Å². The number of ether oxygens (including phenoxy) is 9. The van der Waals surface area contributed by atoms with Crippen LogP contribution in [0.15, 0.2) is 55.0 Å². The first-order valence-corrected chi connectivity index (χ1v) is 25.6. The van der Waals surface area contributed by atoms with E-state index >= 15 is 0 Å². The van der Waals surface area contributed by atoms with Gasteiger partial charge in [-0.25, -0.2) is 15.0 Å². The van der Waals surface area contributed by atoms with E-state index in [9.17, 15) is 0 Å². The molecule has 0 aliphatic carbocycles. The fraction of sp³-hybridized carbons (Fsp3) is 0.722. The molecule has 0 aliphatic rings. The Kier molecular flexibility index (Phi) is 26.0. The van der Waals surface area contributed by atoms with Crippen molar-refractivity contribution in [3.63, 3.8) is 0 Å². The summed E-state index contributed by atoms with van der Waals surface area (Å²) in [5, 5.41) is 0. The van der Waals surface area contributed by atoms with E-state index in [2.05, 4.69) is 41.5 Å². The monoisotopic (exact) mass is 984 g/mol. The standard InChI is InChI=1S/C54H90BN3O12/c1-37(2)28-59-46-22-19-25-56-49(46)52(62-31-40(7)8,63-32-41(9)10)68-55(69-53(64-33-42(11)12,65-34-43(13)14)50-47(23-20-26-57-50)60-29-38(3)4)70-54(66-35-44(15)16,67-36-45(17)18)51-48(24-21-27-58-51)61-30-39(5)6/h19-27,37-45H,28-36H2,1-18H3. The Morgan fingerprint density at radius 2 is 0.529 bits per heavy atom. The number of hydrogen-bond acceptors (Lipinski definition) is 15. The van der Waals surface area contributed by atoms with E-state index in [-0.39, 0.29) is 110 Å². The third-order valence-electron chi connectivity index (χ3n) is 9.29. The summed E-state index contributed by atoms with van der Waals surface area (Å²) in [5.74, 6) is -5.06. The van der Waals surface area contributed by atoms with Crippen LogP contribution in [0.4, 0.5) is 0 Å². The van der Waals surface area contributed by atoms with Gasteiger partial charge in [-0.1, -0.05) is 125 Å². The third-order valence-corrected chi connectivity index (χ3v) is 9.29. The lowest BCUT2D eigenvalue weighted by atomic mass is 10.1. The summed E-state index contributed by atoms with van der Waals surface area (Å²) < 4.78 is 83.0. The molecular weight excluding hydrogens is 893 g/mol. The van der Waals surface area contributed by atoms with E-state index in [4.69, 9.17) is 71.5 Å². The molecule has 0 fully saturated rings. The molecule has 3 aromatic rings. The average Bonchev–Trinajstić information content (AvgIpc) is 3.29. The molecule has 0 unspecified atom stereocenters. The maximum atomic E-state index is 7.34. The van der Waals surface area contributed by atoms with Gasteiger partial charge < -0.3 is 56.6 Å². The van der Waals surface area contributed by atoms with Crippen molar-refractivity contribution in [3.05, 3.63) is 72.1 Å². The van der Waals surface area contributed by atoms with Crippen LogP contribution in [0, 0.1) is 53.3 Å². The van der Waals surface area contributed by atoms with Gasteiger partial charge >= 0.3 is 25.2 Å². The van der Waals surface area contributed by atoms with Gasteiger partial charge in [-0.05, 0) is 89.7 Å². The van der Waals surface area contributed by atoms with E-state index in [1.165, 1.54) is 0 Å². The van der Waals surface area contributed by atoms with Crippen molar-refractivity contribution in [3.8, 4) is 17.2 Å². The summed E-state index contributed by atoms with van der Waals surface area (Å²) in [6, 6.07) is 10.8. The van der Waals surface area contributed by atoms with Gasteiger partial charge in [0.15, 0.2) is 17.1 Å². The van der Waals surface area contributed by atoms with Crippen molar-refractivity contribution in [2.75, 3.05) is 59.5 Å². The second kappa shape index (κ2) is 29.9. The average molecular weight is 984 g/mol. The van der Waals surface area contributed by atoms with Crippen LogP contribution < -0.4 is 14.2 Å². The lowest BCUT2D eigenvalue weighted by Crippen LogP contribution is -2.55. The van der Waals surface area contributed by atoms with Gasteiger partial charge in [0, 0.05) is 18.6 Å². The highest BCUT2D eigenvalue weighted by Gasteiger charge is 2.57. The van der Waals surface area contributed by atoms with Crippen molar-refractivity contribution in [1.82, 2.24) is 15.0 Å². The molecule has 0 atom stereocenters. The molecule has 16 heteroatoms. The molecule has 0 bridgehead atoms. The molecule has 70 heavy (non-hydrogen) atoms. The maximum absolute atomic E-state index is 7.34. The Morgan fingerprint density at radius 1 is 0.329 bits per heavy atom. The molecule has 0 N–H and O–H groups in total. The van der Waals surface area contributed by atoms with Gasteiger partial charge in [-0.15, -0.1) is 0 Å². The molecule has 0 amide bonds. The first-order valence-electron chi connectivity index (χ1n) is 25.6. The second-order valence-corrected chi connectivity index (χ2v) is 21.7. The zero-order valence-electron chi connectivity index (χ0n) is 46.1. The quantitative estimate of drug-likeness (QED) is 0.0401. The fourth-order valence-electron chi connectivity index (χ4n) is 6.00. The Balaban J connectivity index is 2.66. The van der Waals surface area contributed by atoms with Crippen molar-refractivity contribution in [2.45, 2.75) is 143 Å². The zero-order chi connectivity index (χ0) is 52.1. The Bertz CT molecular complexity index is 1650. The zero-order valence-corrected chi connectivity index (χ0v) is 46.1. The van der Waals surface area contributed by atoms with Crippen molar-refractivity contribution >= 4 is 7.32 Å². The number of aromatic nitrogens is 3. The molecule has 15 nitrogen and oxygen atoms in total. The minimum absolute atomic E-state index is 0.0105. The summed E-state index contributed by atoms with van der Waals surface area (Å²) in [6.07, 6.45) is 4.89. The first kappa shape index (κ1) is 60.9. The highest BCUT2D eigenvalue weighted by atomic mass is 17.0. The topological polar surface area (TPSA) is 149 Å². The van der Waals surface area contributed by atoms with Crippen LogP contribution >= 0.6 is 0 Å². The molecule has 0 saturated heterocycles. The molecule has 396 valence electrons. The summed E-state index contributed by atoms with van der Waals surface area (Å²) in [6.45, 7) is 38.7. The van der Waals surface area contributed by atoms with Gasteiger partial charge in [0.1, 0.15) is 17.2 Å². The molecule has 0 aromatic carbocycles. The van der Waals surface area contributed by atoms with Gasteiger partial charge in [0.05, 0.1) is 59.5 Å². The molecule has 0 saturated carbocycles. The minimum Gasteiger partial charge on any atom is -0.491 e. The lowest BCUT2D eigenvalue weighted by Gasteiger charge is -2.42. The van der Waals surface area contributed by atoms with E-state index in [1.807, 2.05) is 83.1 Å². The summed E-state index contributed by atoms with van der Waals surface area (Å²) >= 11 is 0. The van der Waals surface area contributed by atoms with Crippen molar-refractivity contribution < 1.29 is 56.6 Å². The van der Waals surface area contributed by atoms with Crippen LogP contribution in [0.1, 0.15) is 142 Å². The summed E-state index contributed by atoms with van der Waals surface area (Å²) in [4.78, 5) is 14.7. The molecule has 0 aliphatic heterocycles. The smallest absolute Gasteiger partial charge is 0.491 e. The number of nitrogens with zero attached hydrogens (tertiary/aromatic N) is 3. The van der Waals surface area contributed by atoms with E-state index in [0.717, 1.165) is 0 Å². The largest absolute Gasteiger partial charge is 0.651 e. The van der Waals surface area contributed by atoms with E-state index in [0.29, 0.717) is 37.1 Å². The fourth-order valence-corrected chi connectivity index (χ4v) is 6.00. The van der Waals surface area contributed by atoms with E-state index in [1.54, 1.807) is 55.0 Å². The minimum atomic E-state index is -2.20. The van der Waals surface area contributed by atoms with Crippen molar-refractivity contribution in [1.29, 1.82) is 0 Å². The van der Waals surface area contributed by atoms with Crippen molar-refractivity contribution in [2.24, 2.45) is 53.3 Å². The molecule has 3 aromatic heterocycles. The SMILES string of the molecule is CC(C)COc1cccnc1C(OCC(C)C)(OCC(C)C)OB(OC(OCC(C)C)(OCC(C)C)c1ncccc1OCC(C)C)OC(OCC(C)C)(OCC(C)C)c1ncccc1OCC(C)C. The maximum Gasteiger partial charge on any atom is 0.651 e. The van der Waals surface area contributed by atoms with Crippen LogP contribution in [-0.2, 0) is 60.3 Å². The number of rotatable bonds is 36. The molecule has 0 radical (unpaired) electrons. The van der Waals surface area contributed by atoms with Gasteiger partial charge in [-0.3, -0.25) is 0 Å². The lowest BCUT2D eigenvalue weighted by molar-refractivity contribution is -0.427. The number of hydrogen-bond donors (Lipinski definition) is 0. The predicted molar refractivity (Wildman–Crippen MR) is 272 cm³/mol. The highest BCUT2D eigenvalue weighted by molar-refractivity contribution is 6.36. The Hall–Kier alpha value is -3.45. The Morgan fingerprint density at radius 3 is 0.714 bits per heavy atom. The van der Waals surface area contributed by atoms with Crippen LogP contribution in [0.3, 0.4) is 0 Å². The van der Waals surface area contributed by atoms with Crippen LogP contribution in [0.2, 0.25) is 0 Å². The van der Waals surface area contributed by atoms with E-state index < -0.39 is 25.2 Å². The van der Waals surface area contributed by atoms with Crippen LogP contribution in [-0.4, -0.2) is 81.7 Å². The molecule has 0 spiro atoms. The molecule has 3 heterocycles.